The predicted octanol–water partition coefficient (Wildman–Crippen LogP) is 4.11. The van der Waals surface area contributed by atoms with Crippen molar-refractivity contribution in [3.63, 3.8) is 0 Å². The van der Waals surface area contributed by atoms with E-state index in [0.717, 1.165) is 12.8 Å². The average Bonchev–Trinajstić information content (AvgIpc) is 2.29. The van der Waals surface area contributed by atoms with Crippen molar-refractivity contribution in [3.05, 3.63) is 72.9 Å². The molecule has 77 valence electrons. The number of allylic oxidation sites excluding steroid dienone is 5. The van der Waals surface area contributed by atoms with Gasteiger partial charge in [-0.1, -0.05) is 67.3 Å². The van der Waals surface area contributed by atoms with E-state index in [4.69, 9.17) is 6.58 Å². The maximum atomic E-state index is 5.20. The van der Waals surface area contributed by atoms with Crippen LogP contribution in [0.3, 0.4) is 0 Å². The molecule has 0 heterocycles. The molecule has 15 heavy (non-hydrogen) atoms. The van der Waals surface area contributed by atoms with Crippen molar-refractivity contribution in [2.24, 2.45) is 0 Å². The molecule has 1 radical (unpaired) electrons. The molecule has 0 amide bonds. The van der Waals surface area contributed by atoms with Crippen LogP contribution in [0.2, 0.25) is 0 Å². The van der Waals surface area contributed by atoms with Crippen molar-refractivity contribution in [2.75, 3.05) is 0 Å². The summed E-state index contributed by atoms with van der Waals surface area (Å²) in [6.07, 6.45) is 13.0. The van der Waals surface area contributed by atoms with Crippen LogP contribution in [0.5, 0.6) is 0 Å². The van der Waals surface area contributed by atoms with Crippen LogP contribution in [0.4, 0.5) is 0 Å². The number of hydrogen-bond donors (Lipinski definition) is 0. The molecule has 0 saturated carbocycles. The molecule has 0 heteroatoms. The van der Waals surface area contributed by atoms with Gasteiger partial charge in [0.2, 0.25) is 0 Å². The first kappa shape index (κ1) is 11.5. The highest BCUT2D eigenvalue weighted by Crippen LogP contribution is 2.04. The molecule has 0 atom stereocenters. The summed E-state index contributed by atoms with van der Waals surface area (Å²) in [4.78, 5) is 0. The molecule has 0 fully saturated rings. The zero-order chi connectivity index (χ0) is 10.8. The molecule has 1 rings (SSSR count). The fraction of sp³-hybridized carbons (Fsp3) is 0.200. The van der Waals surface area contributed by atoms with E-state index in [-0.39, 0.29) is 0 Å². The number of unbranched alkanes of at least 4 members (excludes halogenated alkanes) is 1. The van der Waals surface area contributed by atoms with E-state index in [0.29, 0.717) is 0 Å². The smallest absolute Gasteiger partial charge is 0.0276 e. The van der Waals surface area contributed by atoms with Crippen LogP contribution >= 0.6 is 0 Å². The average molecular weight is 197 g/mol. The quantitative estimate of drug-likeness (QED) is 0.475. The molecule has 1 aromatic rings. The van der Waals surface area contributed by atoms with Crippen molar-refractivity contribution in [3.8, 4) is 0 Å². The Kier molecular flexibility index (Phi) is 5.99. The van der Waals surface area contributed by atoms with Gasteiger partial charge >= 0.3 is 0 Å². The Bertz CT molecular complexity index is 317. The highest BCUT2D eigenvalue weighted by atomic mass is 13.9. The first-order valence-electron chi connectivity index (χ1n) is 5.34. The number of rotatable bonds is 6. The SMILES string of the molecule is [CH]=CC=CC=CCCCc1ccccc1. The molecule has 0 aliphatic rings. The summed E-state index contributed by atoms with van der Waals surface area (Å²) in [5, 5.41) is 0. The van der Waals surface area contributed by atoms with Gasteiger partial charge in [0.1, 0.15) is 0 Å². The minimum atomic E-state index is 1.11. The van der Waals surface area contributed by atoms with Crippen LogP contribution in [0.25, 0.3) is 0 Å². The fourth-order valence-corrected chi connectivity index (χ4v) is 1.37. The number of hydrogen-bond acceptors (Lipinski definition) is 0. The Morgan fingerprint density at radius 2 is 1.80 bits per heavy atom. The molecule has 0 unspecified atom stereocenters. The Morgan fingerprint density at radius 1 is 1.00 bits per heavy atom. The van der Waals surface area contributed by atoms with Gasteiger partial charge in [0, 0.05) is 0 Å². The molecular weight excluding hydrogens is 180 g/mol. The van der Waals surface area contributed by atoms with Gasteiger partial charge < -0.3 is 0 Å². The van der Waals surface area contributed by atoms with E-state index in [1.165, 1.54) is 18.1 Å². The van der Waals surface area contributed by atoms with Crippen LogP contribution in [0.15, 0.2) is 60.7 Å². The summed E-state index contributed by atoms with van der Waals surface area (Å²) in [6.45, 7) is 5.20. The molecular formula is C15H17. The van der Waals surface area contributed by atoms with Crippen LogP contribution in [-0.2, 0) is 6.42 Å². The molecule has 0 nitrogen and oxygen atoms in total. The molecule has 0 aromatic heterocycles. The largest absolute Gasteiger partial charge is 0.0845 e. The maximum absolute atomic E-state index is 5.20. The minimum absolute atomic E-state index is 1.11. The van der Waals surface area contributed by atoms with Crippen molar-refractivity contribution in [2.45, 2.75) is 19.3 Å². The van der Waals surface area contributed by atoms with Gasteiger partial charge in [0.15, 0.2) is 0 Å². The standard InChI is InChI=1S/C15H17/c1-2-3-4-5-6-7-9-12-15-13-10-8-11-14-15/h1-6,8,10-11,13-14H,7,9,12H2. The number of benzene rings is 1. The molecule has 0 aliphatic carbocycles. The summed E-state index contributed by atoms with van der Waals surface area (Å²) >= 11 is 0. The van der Waals surface area contributed by atoms with Crippen LogP contribution in [-0.4, -0.2) is 0 Å². The third kappa shape index (κ3) is 5.69. The Balaban J connectivity index is 2.14. The molecule has 0 aliphatic heterocycles. The Labute approximate surface area is 92.6 Å². The lowest BCUT2D eigenvalue weighted by Crippen LogP contribution is -1.82. The van der Waals surface area contributed by atoms with Gasteiger partial charge in [-0.2, -0.15) is 0 Å². The van der Waals surface area contributed by atoms with Gasteiger partial charge in [-0.3, -0.25) is 0 Å². The zero-order valence-corrected chi connectivity index (χ0v) is 8.97. The Morgan fingerprint density at radius 3 is 2.53 bits per heavy atom. The molecule has 0 saturated heterocycles. The highest BCUT2D eigenvalue weighted by molar-refractivity contribution is 5.14. The first-order chi connectivity index (χ1) is 7.43. The van der Waals surface area contributed by atoms with Crippen LogP contribution in [0.1, 0.15) is 18.4 Å². The third-order valence-corrected chi connectivity index (χ3v) is 2.15. The van der Waals surface area contributed by atoms with Crippen LogP contribution < -0.4 is 0 Å². The Hall–Kier alpha value is -1.56. The van der Waals surface area contributed by atoms with Crippen molar-refractivity contribution in [1.29, 1.82) is 0 Å². The van der Waals surface area contributed by atoms with E-state index in [1.807, 2.05) is 18.2 Å². The topological polar surface area (TPSA) is 0 Å². The molecule has 0 N–H and O–H groups in total. The lowest BCUT2D eigenvalue weighted by molar-refractivity contribution is 0.843. The van der Waals surface area contributed by atoms with Gasteiger partial charge in [0.25, 0.3) is 0 Å². The van der Waals surface area contributed by atoms with Gasteiger partial charge in [0.05, 0.1) is 0 Å². The maximum Gasteiger partial charge on any atom is -0.0276 e. The number of aryl methyl sites for hydroxylation is 1. The summed E-state index contributed by atoms with van der Waals surface area (Å²) < 4.78 is 0. The fourth-order valence-electron chi connectivity index (χ4n) is 1.37. The summed E-state index contributed by atoms with van der Waals surface area (Å²) in [5.74, 6) is 0. The second-order valence-corrected chi connectivity index (χ2v) is 3.38. The summed E-state index contributed by atoms with van der Waals surface area (Å²) in [5.41, 5.74) is 1.41. The van der Waals surface area contributed by atoms with Crippen LogP contribution in [0, 0.1) is 6.58 Å². The normalized spacial score (nSPS) is 11.2. The first-order valence-corrected chi connectivity index (χ1v) is 5.34. The van der Waals surface area contributed by atoms with Gasteiger partial charge in [-0.25, -0.2) is 0 Å². The van der Waals surface area contributed by atoms with E-state index in [9.17, 15) is 0 Å². The highest BCUT2D eigenvalue weighted by Gasteiger charge is 1.88. The second-order valence-electron chi connectivity index (χ2n) is 3.38. The van der Waals surface area contributed by atoms with Gasteiger partial charge in [-0.05, 0) is 24.8 Å². The summed E-state index contributed by atoms with van der Waals surface area (Å²) in [6, 6.07) is 10.6. The monoisotopic (exact) mass is 197 g/mol. The van der Waals surface area contributed by atoms with Crippen molar-refractivity contribution in [1.82, 2.24) is 0 Å². The summed E-state index contributed by atoms with van der Waals surface area (Å²) in [7, 11) is 0. The van der Waals surface area contributed by atoms with E-state index < -0.39 is 0 Å². The molecule has 0 spiro atoms. The predicted molar refractivity (Wildman–Crippen MR) is 66.5 cm³/mol. The minimum Gasteiger partial charge on any atom is -0.0845 e. The van der Waals surface area contributed by atoms with Gasteiger partial charge in [-0.15, -0.1) is 0 Å². The van der Waals surface area contributed by atoms with Crippen molar-refractivity contribution >= 4 is 0 Å². The molecule has 0 bridgehead atoms. The molecule has 1 aromatic carbocycles. The lowest BCUT2D eigenvalue weighted by Gasteiger charge is -1.97. The van der Waals surface area contributed by atoms with E-state index in [1.54, 1.807) is 0 Å². The van der Waals surface area contributed by atoms with E-state index >= 15 is 0 Å². The second kappa shape index (κ2) is 7.81. The van der Waals surface area contributed by atoms with Crippen molar-refractivity contribution < 1.29 is 0 Å². The van der Waals surface area contributed by atoms with E-state index in [2.05, 4.69) is 36.4 Å². The lowest BCUT2D eigenvalue weighted by atomic mass is 10.1. The zero-order valence-electron chi connectivity index (χ0n) is 8.97. The third-order valence-electron chi connectivity index (χ3n) is 2.15.